The molecule has 11 heteroatoms. The lowest BCUT2D eigenvalue weighted by Crippen LogP contribution is -2.36. The van der Waals surface area contributed by atoms with Crippen LogP contribution in [0.4, 0.5) is 5.69 Å². The van der Waals surface area contributed by atoms with Crippen LogP contribution in [0.25, 0.3) is 0 Å². The molecule has 2 aromatic rings. The second-order valence-corrected chi connectivity index (χ2v) is 9.84. The molecule has 0 radical (unpaired) electrons. The van der Waals surface area contributed by atoms with Gasteiger partial charge in [-0.15, -0.1) is 0 Å². The van der Waals surface area contributed by atoms with Crippen LogP contribution in [0.1, 0.15) is 38.2 Å². The summed E-state index contributed by atoms with van der Waals surface area (Å²) in [6.45, 7) is 1.64. The zero-order valence-electron chi connectivity index (χ0n) is 19.8. The normalized spacial score (nSPS) is 18.4. The molecule has 3 N–H and O–H groups in total. The lowest BCUT2D eigenvalue weighted by Gasteiger charge is -2.27. The van der Waals surface area contributed by atoms with Crippen LogP contribution in [-0.4, -0.2) is 45.3 Å². The Morgan fingerprint density at radius 1 is 1.00 bits per heavy atom. The van der Waals surface area contributed by atoms with E-state index in [9.17, 15) is 23.1 Å². The molecule has 3 rings (SSSR count). The number of hydrogen-bond donors (Lipinski definition) is 3. The van der Waals surface area contributed by atoms with E-state index in [4.69, 9.17) is 9.47 Å². The maximum absolute atomic E-state index is 12.8. The molecular formula is C24H29N3O7S. The fourth-order valence-corrected chi connectivity index (χ4v) is 5.05. The van der Waals surface area contributed by atoms with Gasteiger partial charge in [0.15, 0.2) is 0 Å². The Morgan fingerprint density at radius 3 is 2.26 bits per heavy atom. The SMILES string of the molecule is COc1ccc(OC)c(S(=O)(=O)N/N=C(\C)c2ccc(NC(=O)[C@H]3CCCC[C@@H]3C(=O)O)cc2)c1. The molecule has 2 atom stereocenters. The molecule has 0 unspecified atom stereocenters. The number of amides is 1. The smallest absolute Gasteiger partial charge is 0.307 e. The van der Waals surface area contributed by atoms with E-state index in [0.717, 1.165) is 12.8 Å². The van der Waals surface area contributed by atoms with Crippen molar-refractivity contribution in [3.05, 3.63) is 48.0 Å². The van der Waals surface area contributed by atoms with Gasteiger partial charge in [-0.3, -0.25) is 9.59 Å². The van der Waals surface area contributed by atoms with Gasteiger partial charge in [-0.1, -0.05) is 25.0 Å². The van der Waals surface area contributed by atoms with Crippen molar-refractivity contribution in [3.63, 3.8) is 0 Å². The lowest BCUT2D eigenvalue weighted by atomic mass is 9.78. The van der Waals surface area contributed by atoms with E-state index in [1.165, 1.54) is 26.4 Å². The number of carboxylic acids is 1. The average molecular weight is 504 g/mol. The van der Waals surface area contributed by atoms with Gasteiger partial charge in [0.05, 0.1) is 31.8 Å². The van der Waals surface area contributed by atoms with Crippen molar-refractivity contribution in [3.8, 4) is 11.5 Å². The molecule has 35 heavy (non-hydrogen) atoms. The molecule has 2 aromatic carbocycles. The standard InChI is InChI=1S/C24H29N3O7S/c1-15(26-27-35(31,32)22-14-18(33-2)12-13-21(22)34-3)16-8-10-17(11-9-16)25-23(28)19-6-4-5-7-20(19)24(29)30/h8-14,19-20,27H,4-7H2,1-3H3,(H,25,28)(H,29,30)/b26-15+/t19-,20-/m0/s1. The topological polar surface area (TPSA) is 143 Å². The minimum Gasteiger partial charge on any atom is -0.497 e. The number of anilines is 1. The maximum Gasteiger partial charge on any atom is 0.307 e. The molecule has 0 heterocycles. The van der Waals surface area contributed by atoms with E-state index in [1.54, 1.807) is 37.3 Å². The number of sulfonamides is 1. The summed E-state index contributed by atoms with van der Waals surface area (Å²) in [5.74, 6) is -1.99. The lowest BCUT2D eigenvalue weighted by molar-refractivity contribution is -0.147. The van der Waals surface area contributed by atoms with Gasteiger partial charge in [-0.05, 0) is 49.6 Å². The second kappa shape index (κ2) is 11.2. The van der Waals surface area contributed by atoms with Crippen LogP contribution in [0, 0.1) is 11.8 Å². The van der Waals surface area contributed by atoms with Gasteiger partial charge >= 0.3 is 5.97 Å². The number of rotatable bonds is 9. The van der Waals surface area contributed by atoms with Crippen LogP contribution in [0.3, 0.4) is 0 Å². The van der Waals surface area contributed by atoms with Gasteiger partial charge in [0.1, 0.15) is 16.4 Å². The van der Waals surface area contributed by atoms with Crippen molar-refractivity contribution in [2.45, 2.75) is 37.5 Å². The van der Waals surface area contributed by atoms with Crippen molar-refractivity contribution < 1.29 is 32.6 Å². The zero-order valence-corrected chi connectivity index (χ0v) is 20.6. The summed E-state index contributed by atoms with van der Waals surface area (Å²) in [6, 6.07) is 11.1. The van der Waals surface area contributed by atoms with E-state index in [2.05, 4.69) is 15.2 Å². The molecule has 1 aliphatic carbocycles. The molecule has 0 bridgehead atoms. The first-order valence-electron chi connectivity index (χ1n) is 11.1. The van der Waals surface area contributed by atoms with Crippen LogP contribution in [0.2, 0.25) is 0 Å². The first-order chi connectivity index (χ1) is 16.7. The largest absolute Gasteiger partial charge is 0.497 e. The van der Waals surface area contributed by atoms with E-state index >= 15 is 0 Å². The molecule has 188 valence electrons. The first kappa shape index (κ1) is 26.0. The van der Waals surface area contributed by atoms with E-state index < -0.39 is 27.8 Å². The van der Waals surface area contributed by atoms with E-state index in [0.29, 0.717) is 35.6 Å². The van der Waals surface area contributed by atoms with Crippen molar-refractivity contribution in [1.82, 2.24) is 4.83 Å². The number of carbonyl (C=O) groups excluding carboxylic acids is 1. The minimum absolute atomic E-state index is 0.115. The number of hydrogen-bond acceptors (Lipinski definition) is 7. The third-order valence-electron chi connectivity index (χ3n) is 5.98. The summed E-state index contributed by atoms with van der Waals surface area (Å²) in [4.78, 5) is 26.2. The van der Waals surface area contributed by atoms with Crippen molar-refractivity contribution in [2.24, 2.45) is 16.9 Å². The van der Waals surface area contributed by atoms with E-state index in [-0.39, 0.29) is 16.6 Å². The molecular weight excluding hydrogens is 474 g/mol. The van der Waals surface area contributed by atoms with Gasteiger partial charge in [0, 0.05) is 11.8 Å². The van der Waals surface area contributed by atoms with Crippen LogP contribution in [0.5, 0.6) is 11.5 Å². The average Bonchev–Trinajstić information content (AvgIpc) is 2.87. The van der Waals surface area contributed by atoms with E-state index in [1.807, 2.05) is 0 Å². The highest BCUT2D eigenvalue weighted by atomic mass is 32.2. The number of aliphatic carboxylic acids is 1. The molecule has 0 saturated heterocycles. The zero-order chi connectivity index (χ0) is 25.6. The van der Waals surface area contributed by atoms with Crippen LogP contribution >= 0.6 is 0 Å². The number of ether oxygens (including phenoxy) is 2. The Balaban J connectivity index is 1.70. The monoisotopic (exact) mass is 503 g/mol. The Morgan fingerprint density at radius 2 is 1.66 bits per heavy atom. The third kappa shape index (κ3) is 6.30. The molecule has 0 aliphatic heterocycles. The number of methoxy groups -OCH3 is 2. The third-order valence-corrected chi connectivity index (χ3v) is 7.21. The molecule has 1 saturated carbocycles. The molecule has 0 spiro atoms. The molecule has 1 aliphatic rings. The Hall–Kier alpha value is -3.60. The number of hydrazone groups is 1. The predicted molar refractivity (Wildman–Crippen MR) is 130 cm³/mol. The van der Waals surface area contributed by atoms with Crippen LogP contribution in [-0.2, 0) is 19.6 Å². The van der Waals surface area contributed by atoms with Gasteiger partial charge in [-0.25, -0.2) is 0 Å². The summed E-state index contributed by atoms with van der Waals surface area (Å²) in [5.41, 5.74) is 1.54. The predicted octanol–water partition coefficient (Wildman–Crippen LogP) is 3.24. The number of nitrogens with zero attached hydrogens (tertiary/aromatic N) is 1. The van der Waals surface area contributed by atoms with Gasteiger partial charge in [0.25, 0.3) is 10.0 Å². The first-order valence-corrected chi connectivity index (χ1v) is 12.6. The summed E-state index contributed by atoms with van der Waals surface area (Å²) in [6.07, 6.45) is 2.68. The number of carboxylic acid groups (broad SMARTS) is 1. The van der Waals surface area contributed by atoms with Crippen LogP contribution < -0.4 is 19.6 Å². The Kier molecular flexibility index (Phi) is 8.34. The Bertz CT molecular complexity index is 1210. The fourth-order valence-electron chi connectivity index (χ4n) is 4.01. The molecule has 10 nitrogen and oxygen atoms in total. The molecule has 1 fully saturated rings. The van der Waals surface area contributed by atoms with Crippen molar-refractivity contribution in [2.75, 3.05) is 19.5 Å². The number of benzene rings is 2. The highest BCUT2D eigenvalue weighted by Crippen LogP contribution is 2.31. The molecule has 0 aromatic heterocycles. The highest BCUT2D eigenvalue weighted by molar-refractivity contribution is 7.89. The maximum atomic E-state index is 12.8. The quantitative estimate of drug-likeness (QED) is 0.352. The summed E-state index contributed by atoms with van der Waals surface area (Å²) < 4.78 is 35.8. The van der Waals surface area contributed by atoms with Crippen molar-refractivity contribution >= 4 is 33.3 Å². The molecule has 1 amide bonds. The van der Waals surface area contributed by atoms with Crippen LogP contribution in [0.15, 0.2) is 52.5 Å². The van der Waals surface area contributed by atoms with Crippen molar-refractivity contribution in [1.29, 1.82) is 0 Å². The van der Waals surface area contributed by atoms with Gasteiger partial charge in [-0.2, -0.15) is 18.4 Å². The second-order valence-electron chi connectivity index (χ2n) is 8.21. The summed E-state index contributed by atoms with van der Waals surface area (Å²) in [7, 11) is -1.24. The summed E-state index contributed by atoms with van der Waals surface area (Å²) >= 11 is 0. The van der Waals surface area contributed by atoms with Gasteiger partial charge < -0.3 is 19.9 Å². The number of nitrogens with one attached hydrogen (secondary N) is 2. The summed E-state index contributed by atoms with van der Waals surface area (Å²) in [5, 5.41) is 16.2. The van der Waals surface area contributed by atoms with Gasteiger partial charge in [0.2, 0.25) is 5.91 Å². The number of carbonyl (C=O) groups is 2. The highest BCUT2D eigenvalue weighted by Gasteiger charge is 2.35. The Labute approximate surface area is 204 Å². The fraction of sp³-hybridized carbons (Fsp3) is 0.375. The minimum atomic E-state index is -4.03.